The maximum absolute atomic E-state index is 12.3. The van der Waals surface area contributed by atoms with E-state index in [2.05, 4.69) is 5.32 Å². The van der Waals surface area contributed by atoms with Gasteiger partial charge in [0.05, 0.1) is 14.2 Å². The van der Waals surface area contributed by atoms with Crippen LogP contribution in [0.3, 0.4) is 0 Å². The lowest BCUT2D eigenvalue weighted by atomic mass is 10.1. The smallest absolute Gasteiger partial charge is 0.342 e. The Hall–Kier alpha value is -3.02. The number of carbonyl (C=O) groups excluding carboxylic acids is 2. The second-order valence-electron chi connectivity index (χ2n) is 6.03. The van der Waals surface area contributed by atoms with Gasteiger partial charge in [0.25, 0.3) is 5.91 Å². The first-order valence-corrected chi connectivity index (χ1v) is 8.41. The number of carbonyl (C=O) groups is 2. The molecule has 0 heterocycles. The summed E-state index contributed by atoms with van der Waals surface area (Å²) in [4.78, 5) is 24.3. The number of rotatable bonds is 6. The molecule has 3 rings (SSSR count). The van der Waals surface area contributed by atoms with Gasteiger partial charge in [0.1, 0.15) is 17.1 Å². The summed E-state index contributed by atoms with van der Waals surface area (Å²) in [5.41, 5.74) is 3.52. The molecular weight excluding hydrogens is 334 g/mol. The molecule has 136 valence electrons. The zero-order chi connectivity index (χ0) is 18.5. The summed E-state index contributed by atoms with van der Waals surface area (Å²) >= 11 is 0. The Morgan fingerprint density at radius 2 is 1.81 bits per heavy atom. The molecule has 0 radical (unpaired) electrons. The van der Waals surface area contributed by atoms with E-state index in [-0.39, 0.29) is 12.2 Å². The number of esters is 1. The fourth-order valence-electron chi connectivity index (χ4n) is 3.03. The SMILES string of the molecule is COc1ccc(OC)c(C(=O)OCC(=O)Nc2ccc3c(c2)CCC3)c1. The third-order valence-corrected chi connectivity index (χ3v) is 4.34. The molecule has 6 nitrogen and oxygen atoms in total. The van der Waals surface area contributed by atoms with Crippen LogP contribution in [-0.4, -0.2) is 32.7 Å². The highest BCUT2D eigenvalue weighted by molar-refractivity contribution is 5.97. The minimum absolute atomic E-state index is 0.206. The minimum Gasteiger partial charge on any atom is -0.497 e. The van der Waals surface area contributed by atoms with Crippen molar-refractivity contribution in [3.05, 3.63) is 53.1 Å². The number of aryl methyl sites for hydroxylation is 2. The maximum Gasteiger partial charge on any atom is 0.342 e. The summed E-state index contributed by atoms with van der Waals surface area (Å²) in [5, 5.41) is 2.76. The van der Waals surface area contributed by atoms with Crippen LogP contribution >= 0.6 is 0 Å². The Kier molecular flexibility index (Phi) is 5.41. The number of benzene rings is 2. The van der Waals surface area contributed by atoms with Crippen LogP contribution in [0.2, 0.25) is 0 Å². The van der Waals surface area contributed by atoms with E-state index in [1.807, 2.05) is 18.2 Å². The van der Waals surface area contributed by atoms with Gasteiger partial charge in [-0.3, -0.25) is 4.79 Å². The lowest BCUT2D eigenvalue weighted by Gasteiger charge is -2.11. The molecule has 0 aromatic heterocycles. The summed E-state index contributed by atoms with van der Waals surface area (Å²) in [5.74, 6) is -0.182. The highest BCUT2D eigenvalue weighted by Crippen LogP contribution is 2.26. The summed E-state index contributed by atoms with van der Waals surface area (Å²) in [6.45, 7) is -0.379. The van der Waals surface area contributed by atoms with Crippen LogP contribution in [0.1, 0.15) is 27.9 Å². The van der Waals surface area contributed by atoms with Gasteiger partial charge in [-0.15, -0.1) is 0 Å². The van der Waals surface area contributed by atoms with Crippen molar-refractivity contribution in [3.63, 3.8) is 0 Å². The third-order valence-electron chi connectivity index (χ3n) is 4.34. The first kappa shape index (κ1) is 17.8. The van der Waals surface area contributed by atoms with Gasteiger partial charge in [0, 0.05) is 5.69 Å². The van der Waals surface area contributed by atoms with E-state index in [0.29, 0.717) is 17.2 Å². The number of ether oxygens (including phenoxy) is 3. The molecule has 0 spiro atoms. The number of anilines is 1. The first-order valence-electron chi connectivity index (χ1n) is 8.41. The molecule has 6 heteroatoms. The number of fused-ring (bicyclic) bond motifs is 1. The molecule has 0 saturated heterocycles. The zero-order valence-electron chi connectivity index (χ0n) is 14.8. The predicted octanol–water partition coefficient (Wildman–Crippen LogP) is 2.99. The summed E-state index contributed by atoms with van der Waals surface area (Å²) in [6, 6.07) is 10.7. The molecular formula is C20H21NO5. The molecule has 2 aromatic rings. The lowest BCUT2D eigenvalue weighted by Crippen LogP contribution is -2.21. The number of amides is 1. The van der Waals surface area contributed by atoms with E-state index in [1.165, 1.54) is 31.4 Å². The van der Waals surface area contributed by atoms with Crippen LogP contribution in [0.15, 0.2) is 36.4 Å². The molecule has 26 heavy (non-hydrogen) atoms. The Bertz CT molecular complexity index is 831. The molecule has 0 saturated carbocycles. The van der Waals surface area contributed by atoms with E-state index >= 15 is 0 Å². The molecule has 1 amide bonds. The van der Waals surface area contributed by atoms with Crippen molar-refractivity contribution in [2.45, 2.75) is 19.3 Å². The van der Waals surface area contributed by atoms with Gasteiger partial charge in [-0.1, -0.05) is 6.07 Å². The quantitative estimate of drug-likeness (QED) is 0.807. The van der Waals surface area contributed by atoms with Crippen LogP contribution in [0, 0.1) is 0 Å². The van der Waals surface area contributed by atoms with Crippen molar-refractivity contribution >= 4 is 17.6 Å². The van der Waals surface area contributed by atoms with E-state index in [1.54, 1.807) is 12.1 Å². The van der Waals surface area contributed by atoms with Crippen molar-refractivity contribution in [2.75, 3.05) is 26.1 Å². The normalized spacial score (nSPS) is 12.2. The summed E-state index contributed by atoms with van der Waals surface area (Å²) in [7, 11) is 2.96. The Balaban J connectivity index is 1.60. The Morgan fingerprint density at radius 3 is 2.58 bits per heavy atom. The fraction of sp³-hybridized carbons (Fsp3) is 0.300. The second-order valence-corrected chi connectivity index (χ2v) is 6.03. The largest absolute Gasteiger partial charge is 0.497 e. The number of nitrogens with one attached hydrogen (secondary N) is 1. The Morgan fingerprint density at radius 1 is 1.00 bits per heavy atom. The predicted molar refractivity (Wildman–Crippen MR) is 96.9 cm³/mol. The fourth-order valence-corrected chi connectivity index (χ4v) is 3.03. The van der Waals surface area contributed by atoms with Crippen LogP contribution in [0.4, 0.5) is 5.69 Å². The average molecular weight is 355 g/mol. The summed E-state index contributed by atoms with van der Waals surface area (Å²) in [6.07, 6.45) is 3.26. The van der Waals surface area contributed by atoms with Gasteiger partial charge in [0.15, 0.2) is 6.61 Å². The highest BCUT2D eigenvalue weighted by Gasteiger charge is 2.17. The van der Waals surface area contributed by atoms with Gasteiger partial charge >= 0.3 is 5.97 Å². The van der Waals surface area contributed by atoms with Crippen molar-refractivity contribution in [1.82, 2.24) is 0 Å². The monoisotopic (exact) mass is 355 g/mol. The molecule has 1 aliphatic rings. The van der Waals surface area contributed by atoms with Gasteiger partial charge in [0.2, 0.25) is 0 Å². The molecule has 0 aliphatic heterocycles. The van der Waals surface area contributed by atoms with Crippen molar-refractivity contribution in [2.24, 2.45) is 0 Å². The van der Waals surface area contributed by atoms with Crippen molar-refractivity contribution in [3.8, 4) is 11.5 Å². The van der Waals surface area contributed by atoms with Crippen LogP contribution < -0.4 is 14.8 Å². The van der Waals surface area contributed by atoms with Crippen molar-refractivity contribution < 1.29 is 23.8 Å². The molecule has 0 bridgehead atoms. The molecule has 1 aliphatic carbocycles. The number of hydrogen-bond donors (Lipinski definition) is 1. The van der Waals surface area contributed by atoms with Crippen LogP contribution in [-0.2, 0) is 22.4 Å². The van der Waals surface area contributed by atoms with Gasteiger partial charge < -0.3 is 19.5 Å². The topological polar surface area (TPSA) is 73.9 Å². The van der Waals surface area contributed by atoms with Crippen LogP contribution in [0.25, 0.3) is 0 Å². The molecule has 0 atom stereocenters. The first-order chi connectivity index (χ1) is 12.6. The second kappa shape index (κ2) is 7.91. The van der Waals surface area contributed by atoms with Gasteiger partial charge in [-0.25, -0.2) is 4.79 Å². The molecule has 2 aromatic carbocycles. The minimum atomic E-state index is -0.648. The average Bonchev–Trinajstić information content (AvgIpc) is 3.13. The van der Waals surface area contributed by atoms with E-state index in [4.69, 9.17) is 14.2 Å². The lowest BCUT2D eigenvalue weighted by molar-refractivity contribution is -0.119. The molecule has 1 N–H and O–H groups in total. The van der Waals surface area contributed by atoms with E-state index in [9.17, 15) is 9.59 Å². The maximum atomic E-state index is 12.3. The molecule has 0 unspecified atom stereocenters. The van der Waals surface area contributed by atoms with E-state index < -0.39 is 11.9 Å². The highest BCUT2D eigenvalue weighted by atomic mass is 16.5. The van der Waals surface area contributed by atoms with Gasteiger partial charge in [-0.2, -0.15) is 0 Å². The molecule has 0 fully saturated rings. The number of hydrogen-bond acceptors (Lipinski definition) is 5. The number of methoxy groups -OCH3 is 2. The van der Waals surface area contributed by atoms with E-state index in [0.717, 1.165) is 19.3 Å². The third kappa shape index (κ3) is 3.96. The van der Waals surface area contributed by atoms with Crippen molar-refractivity contribution in [1.29, 1.82) is 0 Å². The van der Waals surface area contributed by atoms with Crippen LogP contribution in [0.5, 0.6) is 11.5 Å². The van der Waals surface area contributed by atoms with Gasteiger partial charge in [-0.05, 0) is 60.7 Å². The Labute approximate surface area is 152 Å². The summed E-state index contributed by atoms with van der Waals surface area (Å²) < 4.78 is 15.4. The zero-order valence-corrected chi connectivity index (χ0v) is 14.8. The standard InChI is InChI=1S/C20H21NO5/c1-24-16-8-9-18(25-2)17(11-16)20(23)26-12-19(22)21-15-7-6-13-4-3-5-14(13)10-15/h6-11H,3-5,12H2,1-2H3,(H,21,22).